The zero-order chi connectivity index (χ0) is 23.5. The van der Waals surface area contributed by atoms with Crippen molar-refractivity contribution in [3.63, 3.8) is 0 Å². The van der Waals surface area contributed by atoms with Crippen LogP contribution >= 0.6 is 38.9 Å². The molecule has 3 heterocycles. The van der Waals surface area contributed by atoms with Crippen molar-refractivity contribution in [3.8, 4) is 22.7 Å². The van der Waals surface area contributed by atoms with Crippen molar-refractivity contribution < 1.29 is 14.3 Å². The molecule has 7 nitrogen and oxygen atoms in total. The first kappa shape index (κ1) is 22.9. The van der Waals surface area contributed by atoms with Crippen molar-refractivity contribution in [1.82, 2.24) is 14.6 Å². The van der Waals surface area contributed by atoms with Crippen molar-refractivity contribution in [2.45, 2.75) is 6.92 Å². The molecule has 5 aromatic rings. The van der Waals surface area contributed by atoms with Gasteiger partial charge in [0.25, 0.3) is 11.5 Å². The minimum absolute atomic E-state index is 0.230. The highest BCUT2D eigenvalue weighted by molar-refractivity contribution is 9.10. The molecule has 1 N–H and O–H groups in total. The summed E-state index contributed by atoms with van der Waals surface area (Å²) in [7, 11) is 0. The number of nitrogens with zero attached hydrogens (tertiary/aromatic N) is 3. The van der Waals surface area contributed by atoms with Gasteiger partial charge in [0.15, 0.2) is 5.82 Å². The molecule has 0 bridgehead atoms. The number of hydrogen-bond donors (Lipinski definition) is 1. The Kier molecular flexibility index (Phi) is 6.73. The number of benzene rings is 2. The van der Waals surface area contributed by atoms with Crippen LogP contribution < -0.4 is 10.1 Å². The highest BCUT2D eigenvalue weighted by atomic mass is 79.9. The van der Waals surface area contributed by atoms with Crippen molar-refractivity contribution in [2.75, 3.05) is 0 Å². The van der Waals surface area contributed by atoms with Gasteiger partial charge in [-0.05, 0) is 36.4 Å². The first-order valence-corrected chi connectivity index (χ1v) is 11.5. The van der Waals surface area contributed by atoms with E-state index in [-0.39, 0.29) is 5.56 Å². The number of rotatable bonds is 3. The molecule has 0 aliphatic rings. The lowest BCUT2D eigenvalue weighted by molar-refractivity contribution is -0.134. The van der Waals surface area contributed by atoms with Gasteiger partial charge in [0.1, 0.15) is 16.1 Å². The van der Waals surface area contributed by atoms with Crippen LogP contribution in [0, 0.1) is 0 Å². The summed E-state index contributed by atoms with van der Waals surface area (Å²) in [6.07, 6.45) is 1.70. The minimum Gasteiger partial charge on any atom is -0.481 e. The van der Waals surface area contributed by atoms with E-state index in [2.05, 4.69) is 26.0 Å². The van der Waals surface area contributed by atoms with Gasteiger partial charge in [0.05, 0.1) is 5.02 Å². The summed E-state index contributed by atoms with van der Waals surface area (Å²) in [5, 5.41) is 12.4. The van der Waals surface area contributed by atoms with Crippen molar-refractivity contribution in [1.29, 1.82) is 0 Å². The number of aromatic nitrogens is 3. The maximum Gasteiger partial charge on any atom is 0.300 e. The monoisotopic (exact) mass is 543 g/mol. The quantitative estimate of drug-likeness (QED) is 0.338. The molecule has 0 fully saturated rings. The van der Waals surface area contributed by atoms with Gasteiger partial charge in [-0.3, -0.25) is 9.59 Å². The summed E-state index contributed by atoms with van der Waals surface area (Å²) < 4.78 is 8.56. The molecular weight excluding hydrogens is 530 g/mol. The van der Waals surface area contributed by atoms with Crippen molar-refractivity contribution in [3.05, 3.63) is 90.8 Å². The van der Waals surface area contributed by atoms with Gasteiger partial charge in [-0.2, -0.15) is 9.50 Å². The van der Waals surface area contributed by atoms with Crippen LogP contribution in [-0.4, -0.2) is 25.7 Å². The zero-order valence-electron chi connectivity index (χ0n) is 17.0. The summed E-state index contributed by atoms with van der Waals surface area (Å²) in [4.78, 5) is 26.8. The van der Waals surface area contributed by atoms with E-state index >= 15 is 0 Å². The topological polar surface area (TPSA) is 97.7 Å². The van der Waals surface area contributed by atoms with E-state index in [1.165, 1.54) is 15.9 Å². The number of carbonyl (C=O) groups is 1. The van der Waals surface area contributed by atoms with Crippen LogP contribution in [0.3, 0.4) is 0 Å². The maximum atomic E-state index is 12.8. The Morgan fingerprint density at radius 2 is 1.79 bits per heavy atom. The number of carboxylic acid groups (broad SMARTS) is 1. The van der Waals surface area contributed by atoms with E-state index in [1.807, 2.05) is 48.5 Å². The molecule has 0 saturated carbocycles. The molecule has 0 amide bonds. The summed E-state index contributed by atoms with van der Waals surface area (Å²) >= 11 is 11.0. The smallest absolute Gasteiger partial charge is 0.300 e. The number of fused-ring (bicyclic) bond motifs is 1. The third-order valence-electron chi connectivity index (χ3n) is 4.34. The molecule has 0 unspecified atom stereocenters. The number of furan rings is 1. The molecule has 33 heavy (non-hydrogen) atoms. The predicted molar refractivity (Wildman–Crippen MR) is 132 cm³/mol. The Balaban J connectivity index is 0.000000601. The average Bonchev–Trinajstić information content (AvgIpc) is 3.46. The minimum atomic E-state index is -0.833. The Labute approximate surface area is 204 Å². The van der Waals surface area contributed by atoms with Gasteiger partial charge in [0, 0.05) is 28.6 Å². The van der Waals surface area contributed by atoms with Crippen molar-refractivity contribution >= 4 is 55.9 Å². The zero-order valence-corrected chi connectivity index (χ0v) is 20.2. The molecular formula is C23H15BrClN3O4S. The third-order valence-corrected chi connectivity index (χ3v) is 6.32. The van der Waals surface area contributed by atoms with Crippen LogP contribution in [0.1, 0.15) is 12.7 Å². The number of aliphatic carboxylic acids is 1. The summed E-state index contributed by atoms with van der Waals surface area (Å²) in [6.45, 7) is 1.08. The van der Waals surface area contributed by atoms with Crippen LogP contribution in [0.5, 0.6) is 0 Å². The van der Waals surface area contributed by atoms with Crippen LogP contribution in [0.15, 0.2) is 74.3 Å². The molecule has 10 heteroatoms. The van der Waals surface area contributed by atoms with E-state index in [0.29, 0.717) is 31.9 Å². The van der Waals surface area contributed by atoms with Crippen LogP contribution in [0.4, 0.5) is 0 Å². The highest BCUT2D eigenvalue weighted by Crippen LogP contribution is 2.29. The number of carboxylic acids is 1. The standard InChI is InChI=1S/C21H11BrClN3O2S.C2H4O2/c22-15-7-3-1-5-13(15)19-24-21-26(25-19)20(27)18(29-21)11-12-9-10-17(28-12)14-6-2-4-8-16(14)23;1-2(3)4/h1-11H;1H3,(H,3,4)/b18-11-;. The van der Waals surface area contributed by atoms with Crippen molar-refractivity contribution in [2.24, 2.45) is 0 Å². The first-order chi connectivity index (χ1) is 15.8. The summed E-state index contributed by atoms with van der Waals surface area (Å²) in [6, 6.07) is 18.7. The normalized spacial score (nSPS) is 11.4. The van der Waals surface area contributed by atoms with E-state index in [9.17, 15) is 4.79 Å². The van der Waals surface area contributed by atoms with Gasteiger partial charge >= 0.3 is 0 Å². The fraction of sp³-hybridized carbons (Fsp3) is 0.0435. The highest BCUT2D eigenvalue weighted by Gasteiger charge is 2.14. The summed E-state index contributed by atoms with van der Waals surface area (Å²) in [5.41, 5.74) is 1.41. The fourth-order valence-electron chi connectivity index (χ4n) is 2.96. The van der Waals surface area contributed by atoms with Gasteiger partial charge < -0.3 is 9.52 Å². The molecule has 2 aromatic carbocycles. The molecule has 0 aliphatic carbocycles. The lowest BCUT2D eigenvalue weighted by Gasteiger charge is -1.98. The lowest BCUT2D eigenvalue weighted by atomic mass is 10.2. The average molecular weight is 545 g/mol. The van der Waals surface area contributed by atoms with Crippen LogP contribution in [0.25, 0.3) is 33.7 Å². The molecule has 0 spiro atoms. The lowest BCUT2D eigenvalue weighted by Crippen LogP contribution is -2.23. The number of hydrogen-bond acceptors (Lipinski definition) is 6. The SMILES string of the molecule is CC(=O)O.O=c1/c(=C/c2ccc(-c3ccccc3Cl)o2)sc2nc(-c3ccccc3Br)nn12. The summed E-state index contributed by atoms with van der Waals surface area (Å²) in [5.74, 6) is 0.879. The second-order valence-electron chi connectivity index (χ2n) is 6.73. The molecule has 5 rings (SSSR count). The van der Waals surface area contributed by atoms with Crippen LogP contribution in [-0.2, 0) is 4.79 Å². The molecule has 0 aliphatic heterocycles. The number of halogens is 2. The van der Waals surface area contributed by atoms with E-state index in [1.54, 1.807) is 18.2 Å². The Morgan fingerprint density at radius 3 is 2.45 bits per heavy atom. The van der Waals surface area contributed by atoms with Crippen LogP contribution in [0.2, 0.25) is 5.02 Å². The van der Waals surface area contributed by atoms with Gasteiger partial charge in [-0.1, -0.05) is 63.1 Å². The molecule has 0 atom stereocenters. The van der Waals surface area contributed by atoms with E-state index in [0.717, 1.165) is 22.5 Å². The third kappa shape index (κ3) is 5.05. The van der Waals surface area contributed by atoms with Gasteiger partial charge in [0.2, 0.25) is 4.96 Å². The van der Waals surface area contributed by atoms with Gasteiger partial charge in [-0.15, -0.1) is 5.10 Å². The Bertz CT molecular complexity index is 1570. The predicted octanol–water partition coefficient (Wildman–Crippen LogP) is 5.13. The Morgan fingerprint density at radius 1 is 1.12 bits per heavy atom. The van der Waals surface area contributed by atoms with E-state index in [4.69, 9.17) is 25.9 Å². The molecule has 3 aromatic heterocycles. The maximum absolute atomic E-state index is 12.8. The fourth-order valence-corrected chi connectivity index (χ4v) is 4.53. The first-order valence-electron chi connectivity index (χ1n) is 9.54. The molecule has 0 saturated heterocycles. The molecule has 166 valence electrons. The molecule has 0 radical (unpaired) electrons. The van der Waals surface area contributed by atoms with Gasteiger partial charge in [-0.25, -0.2) is 0 Å². The van der Waals surface area contributed by atoms with E-state index < -0.39 is 5.97 Å². The number of thiazole rings is 1. The Hall–Kier alpha value is -3.27. The second-order valence-corrected chi connectivity index (χ2v) is 9.00. The second kappa shape index (κ2) is 9.70. The largest absolute Gasteiger partial charge is 0.481 e.